The van der Waals surface area contributed by atoms with E-state index in [0.717, 1.165) is 72.9 Å². The predicted molar refractivity (Wildman–Crippen MR) is 221 cm³/mol. The zero-order valence-electron chi connectivity index (χ0n) is 29.4. The van der Waals surface area contributed by atoms with Crippen LogP contribution in [0.2, 0.25) is 0 Å². The maximum Gasteiger partial charge on any atom is 0.160 e. The van der Waals surface area contributed by atoms with E-state index in [2.05, 4.69) is 133 Å². The highest BCUT2D eigenvalue weighted by molar-refractivity contribution is 6.13. The Labute approximate surface area is 315 Å². The van der Waals surface area contributed by atoms with Gasteiger partial charge in [0, 0.05) is 27.8 Å². The molecule has 0 spiro atoms. The molecule has 9 rings (SSSR count). The van der Waals surface area contributed by atoms with Crippen LogP contribution in [0.25, 0.3) is 56.2 Å². The largest absolute Gasteiger partial charge is 0.344 e. The molecule has 8 aromatic rings. The van der Waals surface area contributed by atoms with E-state index in [0.29, 0.717) is 11.7 Å². The van der Waals surface area contributed by atoms with Gasteiger partial charge in [-0.3, -0.25) is 0 Å². The summed E-state index contributed by atoms with van der Waals surface area (Å²) in [6, 6.07) is 68.8. The lowest BCUT2D eigenvalue weighted by Crippen LogP contribution is -2.33. The fourth-order valence-electron chi connectivity index (χ4n) is 6.77. The molecular formula is C49H35N5. The van der Waals surface area contributed by atoms with Crippen LogP contribution in [-0.4, -0.2) is 21.6 Å². The summed E-state index contributed by atoms with van der Waals surface area (Å²) in [7, 11) is 0. The molecule has 0 amide bonds. The van der Waals surface area contributed by atoms with Crippen molar-refractivity contribution in [1.82, 2.24) is 15.3 Å². The molecule has 0 radical (unpaired) electrons. The molecule has 54 heavy (non-hydrogen) atoms. The monoisotopic (exact) mass is 693 g/mol. The van der Waals surface area contributed by atoms with Crippen molar-refractivity contribution in [2.75, 3.05) is 0 Å². The quantitative estimate of drug-likeness (QED) is 0.172. The standard InChI is InChI=1S/C49H35N5/c1-5-16-34(17-6-1)44-33-45(35-18-7-2-8-19-35)51-48(50-44)42-28-14-26-40(31-42)38-24-13-25-39(30-38)41-27-15-29-43(32-41)49-53-46(36-20-9-3-10-21-36)52-47(54-49)37-22-11-4-12-23-37/h1-33,46H,(H,52,53,54). The minimum absolute atomic E-state index is 0.255. The van der Waals surface area contributed by atoms with Crippen LogP contribution in [0, 0.1) is 0 Å². The van der Waals surface area contributed by atoms with E-state index in [1.165, 1.54) is 0 Å². The molecule has 0 fully saturated rings. The Balaban J connectivity index is 1.05. The van der Waals surface area contributed by atoms with Crippen molar-refractivity contribution in [3.8, 4) is 56.2 Å². The van der Waals surface area contributed by atoms with Gasteiger partial charge in [-0.15, -0.1) is 0 Å². The van der Waals surface area contributed by atoms with Crippen LogP contribution >= 0.6 is 0 Å². The molecule has 1 aliphatic heterocycles. The third kappa shape index (κ3) is 6.99. The second kappa shape index (κ2) is 14.8. The van der Waals surface area contributed by atoms with Gasteiger partial charge in [0.2, 0.25) is 0 Å². The minimum Gasteiger partial charge on any atom is -0.344 e. The Morgan fingerprint density at radius 2 is 0.759 bits per heavy atom. The van der Waals surface area contributed by atoms with Gasteiger partial charge in [0.25, 0.3) is 0 Å². The molecule has 1 aromatic heterocycles. The number of nitrogens with zero attached hydrogens (tertiary/aromatic N) is 4. The summed E-state index contributed by atoms with van der Waals surface area (Å²) in [6.07, 6.45) is -0.255. The molecule has 1 unspecified atom stereocenters. The summed E-state index contributed by atoms with van der Waals surface area (Å²) >= 11 is 0. The Morgan fingerprint density at radius 3 is 1.30 bits per heavy atom. The lowest BCUT2D eigenvalue weighted by Gasteiger charge is -2.24. The first kappa shape index (κ1) is 32.7. The molecule has 5 heteroatoms. The van der Waals surface area contributed by atoms with Crippen molar-refractivity contribution in [1.29, 1.82) is 0 Å². The van der Waals surface area contributed by atoms with Gasteiger partial charge in [0.15, 0.2) is 11.7 Å². The number of hydrogen-bond acceptors (Lipinski definition) is 5. The molecule has 0 bridgehead atoms. The van der Waals surface area contributed by atoms with E-state index < -0.39 is 0 Å². The van der Waals surface area contributed by atoms with E-state index in [1.54, 1.807) is 0 Å². The number of nitrogens with one attached hydrogen (secondary N) is 1. The van der Waals surface area contributed by atoms with Crippen molar-refractivity contribution >= 4 is 11.7 Å². The van der Waals surface area contributed by atoms with Crippen molar-refractivity contribution in [2.24, 2.45) is 9.98 Å². The lowest BCUT2D eigenvalue weighted by atomic mass is 9.96. The normalized spacial score (nSPS) is 13.7. The minimum atomic E-state index is -0.255. The highest BCUT2D eigenvalue weighted by Gasteiger charge is 2.21. The molecule has 256 valence electrons. The van der Waals surface area contributed by atoms with Gasteiger partial charge in [0.1, 0.15) is 12.0 Å². The molecule has 1 N–H and O–H groups in total. The smallest absolute Gasteiger partial charge is 0.160 e. The fourth-order valence-corrected chi connectivity index (χ4v) is 6.77. The molecule has 2 heterocycles. The molecule has 0 saturated heterocycles. The number of benzene rings is 7. The maximum absolute atomic E-state index is 5.07. The molecule has 1 atom stereocenters. The summed E-state index contributed by atoms with van der Waals surface area (Å²) in [5.41, 5.74) is 12.3. The molecule has 0 saturated carbocycles. The van der Waals surface area contributed by atoms with E-state index in [9.17, 15) is 0 Å². The van der Waals surface area contributed by atoms with Gasteiger partial charge in [-0.2, -0.15) is 0 Å². The van der Waals surface area contributed by atoms with Crippen molar-refractivity contribution < 1.29 is 0 Å². The van der Waals surface area contributed by atoms with E-state index in [1.807, 2.05) is 72.8 Å². The first-order valence-electron chi connectivity index (χ1n) is 18.1. The molecule has 1 aliphatic rings. The van der Waals surface area contributed by atoms with E-state index >= 15 is 0 Å². The van der Waals surface area contributed by atoms with Crippen LogP contribution in [0.15, 0.2) is 210 Å². The topological polar surface area (TPSA) is 62.5 Å². The van der Waals surface area contributed by atoms with Crippen LogP contribution in [0.4, 0.5) is 0 Å². The summed E-state index contributed by atoms with van der Waals surface area (Å²) < 4.78 is 0. The van der Waals surface area contributed by atoms with Crippen molar-refractivity contribution in [3.63, 3.8) is 0 Å². The van der Waals surface area contributed by atoms with Gasteiger partial charge in [-0.05, 0) is 52.1 Å². The van der Waals surface area contributed by atoms with Crippen LogP contribution in [0.1, 0.15) is 22.9 Å². The van der Waals surface area contributed by atoms with E-state index in [4.69, 9.17) is 20.0 Å². The molecule has 7 aromatic carbocycles. The van der Waals surface area contributed by atoms with Crippen molar-refractivity contribution in [2.45, 2.75) is 6.17 Å². The third-order valence-corrected chi connectivity index (χ3v) is 9.54. The van der Waals surface area contributed by atoms with Gasteiger partial charge < -0.3 is 5.32 Å². The second-order valence-corrected chi connectivity index (χ2v) is 13.2. The van der Waals surface area contributed by atoms with Crippen LogP contribution in [-0.2, 0) is 0 Å². The summed E-state index contributed by atoms with van der Waals surface area (Å²) in [5.74, 6) is 2.18. The summed E-state index contributed by atoms with van der Waals surface area (Å²) in [6.45, 7) is 0. The lowest BCUT2D eigenvalue weighted by molar-refractivity contribution is 0.674. The van der Waals surface area contributed by atoms with Gasteiger partial charge >= 0.3 is 0 Å². The molecular weight excluding hydrogens is 659 g/mol. The third-order valence-electron chi connectivity index (χ3n) is 9.54. The Morgan fingerprint density at radius 1 is 0.352 bits per heavy atom. The van der Waals surface area contributed by atoms with Crippen LogP contribution in [0.5, 0.6) is 0 Å². The number of amidine groups is 2. The number of aromatic nitrogens is 2. The maximum atomic E-state index is 5.07. The number of rotatable bonds is 8. The zero-order chi connectivity index (χ0) is 36.1. The Bertz CT molecular complexity index is 2560. The van der Waals surface area contributed by atoms with Gasteiger partial charge in [-0.1, -0.05) is 176 Å². The zero-order valence-corrected chi connectivity index (χ0v) is 29.4. The average Bonchev–Trinajstić information content (AvgIpc) is 3.27. The highest BCUT2D eigenvalue weighted by atomic mass is 15.2. The van der Waals surface area contributed by atoms with Crippen LogP contribution in [0.3, 0.4) is 0 Å². The molecule has 0 aliphatic carbocycles. The van der Waals surface area contributed by atoms with Gasteiger partial charge in [0.05, 0.1) is 11.4 Å². The number of hydrogen-bond donors (Lipinski definition) is 1. The highest BCUT2D eigenvalue weighted by Crippen LogP contribution is 2.32. The van der Waals surface area contributed by atoms with Crippen LogP contribution < -0.4 is 5.32 Å². The average molecular weight is 694 g/mol. The Kier molecular flexibility index (Phi) is 8.94. The first-order chi connectivity index (χ1) is 26.7. The number of aliphatic imine (C=N–C) groups is 2. The van der Waals surface area contributed by atoms with Crippen molar-refractivity contribution in [3.05, 3.63) is 217 Å². The molecule has 5 nitrogen and oxygen atoms in total. The summed E-state index contributed by atoms with van der Waals surface area (Å²) in [5, 5.41) is 3.60. The van der Waals surface area contributed by atoms with E-state index in [-0.39, 0.29) is 6.17 Å². The SMILES string of the molecule is c1ccc(C2=NC(c3ccccc3)NC(c3cccc(-c4cccc(-c5cccc(-c6nc(-c7ccccc7)cc(-c7ccccc7)n6)c5)c4)c3)=N2)cc1. The Hall–Kier alpha value is -7.24. The first-order valence-corrected chi connectivity index (χ1v) is 18.1. The van der Waals surface area contributed by atoms with Gasteiger partial charge in [-0.25, -0.2) is 20.0 Å². The fraction of sp³-hybridized carbons (Fsp3) is 0.0204. The predicted octanol–water partition coefficient (Wildman–Crippen LogP) is 11.3. The second-order valence-electron chi connectivity index (χ2n) is 13.2. The summed E-state index contributed by atoms with van der Waals surface area (Å²) in [4.78, 5) is 20.2.